The number of carbonyl (C=O) groups excluding carboxylic acids is 1. The Morgan fingerprint density at radius 2 is 1.94 bits per heavy atom. The molecule has 0 atom stereocenters. The van der Waals surface area contributed by atoms with E-state index in [9.17, 15) is 4.79 Å². The lowest BCUT2D eigenvalue weighted by Crippen LogP contribution is -2.30. The van der Waals surface area contributed by atoms with Crippen LogP contribution in [0.1, 0.15) is 19.4 Å². The van der Waals surface area contributed by atoms with Crippen molar-refractivity contribution in [3.8, 4) is 0 Å². The fourth-order valence-corrected chi connectivity index (χ4v) is 1.64. The Labute approximate surface area is 103 Å². The van der Waals surface area contributed by atoms with Crippen molar-refractivity contribution < 1.29 is 4.79 Å². The smallest absolute Gasteiger partial charge is 0.220 e. The van der Waals surface area contributed by atoms with Crippen molar-refractivity contribution in [2.24, 2.45) is 0 Å². The van der Waals surface area contributed by atoms with Gasteiger partial charge in [0.2, 0.25) is 5.91 Å². The second-order valence-corrected chi connectivity index (χ2v) is 4.09. The summed E-state index contributed by atoms with van der Waals surface area (Å²) in [6.45, 7) is 8.52. The van der Waals surface area contributed by atoms with Gasteiger partial charge in [-0.05, 0) is 12.5 Å². The molecular weight excluding hydrogens is 210 g/mol. The first kappa shape index (κ1) is 13.2. The topological polar surface area (TPSA) is 20.3 Å². The normalized spacial score (nSPS) is 11.1. The summed E-state index contributed by atoms with van der Waals surface area (Å²) in [5.41, 5.74) is 2.32. The molecule has 0 aliphatic heterocycles. The first-order chi connectivity index (χ1) is 8.13. The molecule has 90 valence electrons. The number of carbonyl (C=O) groups is 1. The lowest BCUT2D eigenvalue weighted by Gasteiger charge is -2.19. The molecule has 0 aromatic heterocycles. The molecule has 0 unspecified atom stereocenters. The molecule has 0 saturated carbocycles. The van der Waals surface area contributed by atoms with Crippen molar-refractivity contribution >= 4 is 12.0 Å². The van der Waals surface area contributed by atoms with Crippen molar-refractivity contribution in [3.63, 3.8) is 0 Å². The van der Waals surface area contributed by atoms with Gasteiger partial charge in [0.05, 0.1) is 0 Å². The fourth-order valence-electron chi connectivity index (χ4n) is 1.64. The van der Waals surface area contributed by atoms with Gasteiger partial charge >= 0.3 is 0 Å². The third kappa shape index (κ3) is 4.68. The van der Waals surface area contributed by atoms with Crippen LogP contribution in [0.25, 0.3) is 6.08 Å². The van der Waals surface area contributed by atoms with Gasteiger partial charge in [0.1, 0.15) is 0 Å². The van der Waals surface area contributed by atoms with E-state index in [0.29, 0.717) is 13.1 Å². The zero-order valence-electron chi connectivity index (χ0n) is 10.5. The van der Waals surface area contributed by atoms with Gasteiger partial charge in [-0.15, -0.1) is 6.58 Å². The Balaban J connectivity index is 2.70. The van der Waals surface area contributed by atoms with Crippen LogP contribution in [0.5, 0.6) is 0 Å². The lowest BCUT2D eigenvalue weighted by atomic mass is 10.1. The molecule has 2 heteroatoms. The average Bonchev–Trinajstić information content (AvgIpc) is 2.29. The van der Waals surface area contributed by atoms with Gasteiger partial charge in [-0.2, -0.15) is 0 Å². The molecule has 0 N–H and O–H groups in total. The van der Waals surface area contributed by atoms with E-state index < -0.39 is 0 Å². The van der Waals surface area contributed by atoms with Gasteiger partial charge in [0.15, 0.2) is 0 Å². The van der Waals surface area contributed by atoms with E-state index in [2.05, 4.69) is 24.8 Å². The Morgan fingerprint density at radius 1 is 1.29 bits per heavy atom. The summed E-state index contributed by atoms with van der Waals surface area (Å²) in [5.74, 6) is 0.0747. The zero-order valence-corrected chi connectivity index (χ0v) is 10.5. The molecule has 0 saturated heterocycles. The highest BCUT2D eigenvalue weighted by Gasteiger charge is 2.06. The maximum atomic E-state index is 11.4. The summed E-state index contributed by atoms with van der Waals surface area (Å²) in [6.07, 6.45) is 3.84. The predicted octanol–water partition coefficient (Wildman–Crippen LogP) is 3.12. The zero-order chi connectivity index (χ0) is 12.7. The van der Waals surface area contributed by atoms with Gasteiger partial charge in [-0.3, -0.25) is 4.79 Å². The van der Waals surface area contributed by atoms with Crippen molar-refractivity contribution in [1.29, 1.82) is 0 Å². The molecule has 1 aromatic carbocycles. The summed E-state index contributed by atoms with van der Waals surface area (Å²) in [4.78, 5) is 13.1. The van der Waals surface area contributed by atoms with Crippen molar-refractivity contribution in [3.05, 3.63) is 54.1 Å². The number of rotatable bonds is 5. The van der Waals surface area contributed by atoms with Crippen LogP contribution in [0.3, 0.4) is 0 Å². The monoisotopic (exact) mass is 229 g/mol. The molecule has 1 amide bonds. The minimum atomic E-state index is 0.0747. The highest BCUT2D eigenvalue weighted by atomic mass is 16.2. The van der Waals surface area contributed by atoms with Crippen LogP contribution in [0.4, 0.5) is 0 Å². The van der Waals surface area contributed by atoms with E-state index in [4.69, 9.17) is 0 Å². The number of hydrogen-bond acceptors (Lipinski definition) is 1. The maximum absolute atomic E-state index is 11.4. The van der Waals surface area contributed by atoms with Crippen LogP contribution < -0.4 is 0 Å². The highest BCUT2D eigenvalue weighted by molar-refractivity contribution is 5.74. The van der Waals surface area contributed by atoms with Gasteiger partial charge in [0, 0.05) is 20.0 Å². The second kappa shape index (κ2) is 6.69. The maximum Gasteiger partial charge on any atom is 0.220 e. The molecule has 1 rings (SSSR count). The van der Waals surface area contributed by atoms with Crippen LogP contribution in [0.2, 0.25) is 0 Å². The SMILES string of the molecule is C=CCN(CC(C)=Cc1ccccc1)C(C)=O. The fraction of sp³-hybridized carbons (Fsp3) is 0.267. The predicted molar refractivity (Wildman–Crippen MR) is 72.5 cm³/mol. The minimum absolute atomic E-state index is 0.0747. The van der Waals surface area contributed by atoms with E-state index in [1.807, 2.05) is 25.1 Å². The van der Waals surface area contributed by atoms with E-state index in [1.165, 1.54) is 0 Å². The van der Waals surface area contributed by atoms with Gasteiger partial charge < -0.3 is 4.90 Å². The minimum Gasteiger partial charge on any atom is -0.335 e. The Kier molecular flexibility index (Phi) is 5.21. The molecule has 0 aliphatic carbocycles. The van der Waals surface area contributed by atoms with E-state index in [1.54, 1.807) is 17.9 Å². The second-order valence-electron chi connectivity index (χ2n) is 4.09. The Bertz CT molecular complexity index is 406. The largest absolute Gasteiger partial charge is 0.335 e. The van der Waals surface area contributed by atoms with Crippen molar-refractivity contribution in [2.45, 2.75) is 13.8 Å². The van der Waals surface area contributed by atoms with Gasteiger partial charge in [-0.1, -0.05) is 48.1 Å². The number of benzene rings is 1. The molecule has 0 aliphatic rings. The van der Waals surface area contributed by atoms with Gasteiger partial charge in [0.25, 0.3) is 0 Å². The molecule has 0 spiro atoms. The quantitative estimate of drug-likeness (QED) is 0.710. The van der Waals surface area contributed by atoms with E-state index in [-0.39, 0.29) is 5.91 Å². The highest BCUT2D eigenvalue weighted by Crippen LogP contribution is 2.07. The molecule has 1 aromatic rings. The summed E-state index contributed by atoms with van der Waals surface area (Å²) >= 11 is 0. The molecule has 0 fully saturated rings. The molecular formula is C15H19NO. The van der Waals surface area contributed by atoms with Crippen LogP contribution in [0, 0.1) is 0 Å². The molecule has 17 heavy (non-hydrogen) atoms. The van der Waals surface area contributed by atoms with Gasteiger partial charge in [-0.25, -0.2) is 0 Å². The summed E-state index contributed by atoms with van der Waals surface area (Å²) in [6, 6.07) is 10.1. The lowest BCUT2D eigenvalue weighted by molar-refractivity contribution is -0.127. The number of hydrogen-bond donors (Lipinski definition) is 0. The van der Waals surface area contributed by atoms with Crippen LogP contribution >= 0.6 is 0 Å². The van der Waals surface area contributed by atoms with Crippen LogP contribution in [0.15, 0.2) is 48.6 Å². The molecule has 2 nitrogen and oxygen atoms in total. The molecule has 0 radical (unpaired) electrons. The van der Waals surface area contributed by atoms with E-state index >= 15 is 0 Å². The molecule has 0 bridgehead atoms. The number of nitrogens with zero attached hydrogens (tertiary/aromatic N) is 1. The summed E-state index contributed by atoms with van der Waals surface area (Å²) in [5, 5.41) is 0. The first-order valence-electron chi connectivity index (χ1n) is 5.72. The van der Waals surface area contributed by atoms with Crippen LogP contribution in [-0.2, 0) is 4.79 Å². The standard InChI is InChI=1S/C15H19NO/c1-4-10-16(14(3)17)12-13(2)11-15-8-6-5-7-9-15/h4-9,11H,1,10,12H2,2-3H3. The summed E-state index contributed by atoms with van der Waals surface area (Å²) < 4.78 is 0. The third-order valence-electron chi connectivity index (χ3n) is 2.45. The first-order valence-corrected chi connectivity index (χ1v) is 5.72. The molecule has 0 heterocycles. The Hall–Kier alpha value is -1.83. The Morgan fingerprint density at radius 3 is 2.47 bits per heavy atom. The van der Waals surface area contributed by atoms with E-state index in [0.717, 1.165) is 11.1 Å². The third-order valence-corrected chi connectivity index (χ3v) is 2.45. The van der Waals surface area contributed by atoms with Crippen molar-refractivity contribution in [1.82, 2.24) is 4.90 Å². The average molecular weight is 229 g/mol. The number of amides is 1. The van der Waals surface area contributed by atoms with Crippen LogP contribution in [-0.4, -0.2) is 23.9 Å². The summed E-state index contributed by atoms with van der Waals surface area (Å²) in [7, 11) is 0. The van der Waals surface area contributed by atoms with Crippen molar-refractivity contribution in [2.75, 3.05) is 13.1 Å².